The van der Waals surface area contributed by atoms with Gasteiger partial charge in [0.2, 0.25) is 0 Å². The molecular weight excluding hydrogens is 210 g/mol. The van der Waals surface area contributed by atoms with Crippen molar-refractivity contribution in [2.24, 2.45) is 5.92 Å². The Labute approximate surface area is 105 Å². The van der Waals surface area contributed by atoms with E-state index in [4.69, 9.17) is 0 Å². The predicted molar refractivity (Wildman–Crippen MR) is 70.8 cm³/mol. The van der Waals surface area contributed by atoms with Crippen molar-refractivity contribution in [1.82, 2.24) is 15.1 Å². The first-order valence-corrected chi connectivity index (χ1v) is 7.11. The largest absolute Gasteiger partial charge is 0.311 e. The average molecular weight is 235 g/mol. The minimum absolute atomic E-state index is 0.959. The summed E-state index contributed by atoms with van der Waals surface area (Å²) in [6.45, 7) is 5.21. The van der Waals surface area contributed by atoms with Gasteiger partial charge in [0.15, 0.2) is 0 Å². The van der Waals surface area contributed by atoms with Crippen molar-refractivity contribution in [1.29, 1.82) is 0 Å². The predicted octanol–water partition coefficient (Wildman–Crippen LogP) is 2.96. The highest BCUT2D eigenvalue weighted by atomic mass is 15.3. The smallest absolute Gasteiger partial charge is 0.0521 e. The third kappa shape index (κ3) is 3.84. The van der Waals surface area contributed by atoms with Gasteiger partial charge in [-0.1, -0.05) is 32.1 Å². The molecule has 3 nitrogen and oxygen atoms in total. The Morgan fingerprint density at radius 2 is 2.18 bits per heavy atom. The molecule has 1 aliphatic carbocycles. The molecule has 0 aromatic carbocycles. The SMILES string of the molecule is CCn1nccc1CNCCC1CCCCC1. The molecule has 1 aromatic heterocycles. The molecule has 17 heavy (non-hydrogen) atoms. The topological polar surface area (TPSA) is 29.9 Å². The van der Waals surface area contributed by atoms with Crippen LogP contribution in [0.5, 0.6) is 0 Å². The zero-order valence-corrected chi connectivity index (χ0v) is 11.0. The molecule has 0 aliphatic heterocycles. The van der Waals surface area contributed by atoms with E-state index in [9.17, 15) is 0 Å². The van der Waals surface area contributed by atoms with E-state index in [1.807, 2.05) is 6.20 Å². The maximum atomic E-state index is 4.28. The van der Waals surface area contributed by atoms with E-state index in [1.54, 1.807) is 0 Å². The van der Waals surface area contributed by atoms with E-state index < -0.39 is 0 Å². The molecule has 0 radical (unpaired) electrons. The lowest BCUT2D eigenvalue weighted by molar-refractivity contribution is 0.333. The Balaban J connectivity index is 1.62. The number of nitrogens with zero attached hydrogens (tertiary/aromatic N) is 2. The molecule has 3 heteroatoms. The van der Waals surface area contributed by atoms with E-state index in [2.05, 4.69) is 28.1 Å². The summed E-state index contributed by atoms with van der Waals surface area (Å²) in [5.41, 5.74) is 1.30. The number of hydrogen-bond acceptors (Lipinski definition) is 2. The Morgan fingerprint density at radius 1 is 1.35 bits per heavy atom. The highest BCUT2D eigenvalue weighted by Crippen LogP contribution is 2.25. The summed E-state index contributed by atoms with van der Waals surface area (Å²) in [4.78, 5) is 0. The second-order valence-corrected chi connectivity index (χ2v) is 5.11. The fourth-order valence-corrected chi connectivity index (χ4v) is 2.79. The van der Waals surface area contributed by atoms with E-state index in [1.165, 1.54) is 44.2 Å². The van der Waals surface area contributed by atoms with Crippen molar-refractivity contribution in [2.45, 2.75) is 58.5 Å². The molecule has 0 atom stereocenters. The number of nitrogens with one attached hydrogen (secondary N) is 1. The van der Waals surface area contributed by atoms with Crippen LogP contribution in [0.2, 0.25) is 0 Å². The Hall–Kier alpha value is -0.830. The fourth-order valence-electron chi connectivity index (χ4n) is 2.79. The van der Waals surface area contributed by atoms with E-state index >= 15 is 0 Å². The number of hydrogen-bond donors (Lipinski definition) is 1. The van der Waals surface area contributed by atoms with Gasteiger partial charge in [0.1, 0.15) is 0 Å². The summed E-state index contributed by atoms with van der Waals surface area (Å²) in [5, 5.41) is 7.83. The van der Waals surface area contributed by atoms with E-state index in [0.717, 1.165) is 25.6 Å². The minimum Gasteiger partial charge on any atom is -0.311 e. The maximum absolute atomic E-state index is 4.28. The van der Waals surface area contributed by atoms with Crippen LogP contribution in [0.3, 0.4) is 0 Å². The van der Waals surface area contributed by atoms with Crippen LogP contribution in [-0.4, -0.2) is 16.3 Å². The molecule has 0 bridgehead atoms. The van der Waals surface area contributed by atoms with Crippen molar-refractivity contribution in [3.05, 3.63) is 18.0 Å². The molecule has 96 valence electrons. The van der Waals surface area contributed by atoms with Crippen molar-refractivity contribution in [3.8, 4) is 0 Å². The third-order valence-corrected chi connectivity index (χ3v) is 3.86. The summed E-state index contributed by atoms with van der Waals surface area (Å²) >= 11 is 0. The van der Waals surface area contributed by atoms with Gasteiger partial charge in [0.25, 0.3) is 0 Å². The first-order chi connectivity index (χ1) is 8.40. The van der Waals surface area contributed by atoms with Gasteiger partial charge in [-0.05, 0) is 31.9 Å². The first kappa shape index (κ1) is 12.6. The van der Waals surface area contributed by atoms with Crippen molar-refractivity contribution >= 4 is 0 Å². The molecule has 1 saturated carbocycles. The molecule has 1 heterocycles. The van der Waals surface area contributed by atoms with Gasteiger partial charge in [-0.15, -0.1) is 0 Å². The molecule has 0 amide bonds. The summed E-state index contributed by atoms with van der Waals surface area (Å²) in [5.74, 6) is 0.979. The molecule has 1 N–H and O–H groups in total. The quantitative estimate of drug-likeness (QED) is 0.768. The van der Waals surface area contributed by atoms with Crippen LogP contribution in [0.4, 0.5) is 0 Å². The van der Waals surface area contributed by atoms with Crippen LogP contribution in [0.1, 0.15) is 51.1 Å². The van der Waals surface area contributed by atoms with Crippen molar-refractivity contribution < 1.29 is 0 Å². The Morgan fingerprint density at radius 3 is 2.94 bits per heavy atom. The molecule has 0 unspecified atom stereocenters. The molecule has 1 aromatic rings. The van der Waals surface area contributed by atoms with Gasteiger partial charge < -0.3 is 5.32 Å². The van der Waals surface area contributed by atoms with Crippen molar-refractivity contribution in [2.75, 3.05) is 6.54 Å². The highest BCUT2D eigenvalue weighted by molar-refractivity contribution is 4.99. The van der Waals surface area contributed by atoms with Crippen LogP contribution in [0.15, 0.2) is 12.3 Å². The number of aromatic nitrogens is 2. The Bertz CT molecular complexity index is 313. The summed E-state index contributed by atoms with van der Waals surface area (Å²) in [6.07, 6.45) is 10.5. The minimum atomic E-state index is 0.959. The van der Waals surface area contributed by atoms with Crippen LogP contribution >= 0.6 is 0 Å². The van der Waals surface area contributed by atoms with Crippen LogP contribution < -0.4 is 5.32 Å². The van der Waals surface area contributed by atoms with Gasteiger partial charge >= 0.3 is 0 Å². The van der Waals surface area contributed by atoms with Gasteiger partial charge in [0, 0.05) is 19.3 Å². The lowest BCUT2D eigenvalue weighted by atomic mass is 9.87. The second kappa shape index (κ2) is 6.80. The number of rotatable bonds is 6. The fraction of sp³-hybridized carbons (Fsp3) is 0.786. The van der Waals surface area contributed by atoms with E-state index in [0.29, 0.717) is 0 Å². The lowest BCUT2D eigenvalue weighted by Crippen LogP contribution is -2.20. The summed E-state index contributed by atoms with van der Waals surface area (Å²) < 4.78 is 2.06. The molecule has 1 aliphatic rings. The number of aryl methyl sites for hydroxylation is 1. The Kier molecular flexibility index (Phi) is 5.05. The maximum Gasteiger partial charge on any atom is 0.0521 e. The molecule has 2 rings (SSSR count). The lowest BCUT2D eigenvalue weighted by Gasteiger charge is -2.21. The normalized spacial score (nSPS) is 17.5. The van der Waals surface area contributed by atoms with Crippen LogP contribution in [0, 0.1) is 5.92 Å². The van der Waals surface area contributed by atoms with Crippen molar-refractivity contribution in [3.63, 3.8) is 0 Å². The monoisotopic (exact) mass is 235 g/mol. The van der Waals surface area contributed by atoms with Crippen LogP contribution in [0.25, 0.3) is 0 Å². The average Bonchev–Trinajstić information content (AvgIpc) is 2.83. The molecular formula is C14H25N3. The van der Waals surface area contributed by atoms with Gasteiger partial charge in [0.05, 0.1) is 5.69 Å². The molecule has 1 fully saturated rings. The standard InChI is InChI=1S/C14H25N3/c1-2-17-14(9-11-16-17)12-15-10-8-13-6-4-3-5-7-13/h9,11,13,15H,2-8,10,12H2,1H3. The van der Waals surface area contributed by atoms with Crippen LogP contribution in [-0.2, 0) is 13.1 Å². The zero-order chi connectivity index (χ0) is 11.9. The molecule has 0 saturated heterocycles. The summed E-state index contributed by atoms with van der Waals surface area (Å²) in [6, 6.07) is 2.11. The molecule has 0 spiro atoms. The highest BCUT2D eigenvalue weighted by Gasteiger charge is 2.12. The first-order valence-electron chi connectivity index (χ1n) is 7.11. The summed E-state index contributed by atoms with van der Waals surface area (Å²) in [7, 11) is 0. The van der Waals surface area contributed by atoms with E-state index in [-0.39, 0.29) is 0 Å². The van der Waals surface area contributed by atoms with Gasteiger partial charge in [-0.3, -0.25) is 4.68 Å². The zero-order valence-electron chi connectivity index (χ0n) is 11.0. The van der Waals surface area contributed by atoms with Gasteiger partial charge in [-0.2, -0.15) is 5.10 Å². The third-order valence-electron chi connectivity index (χ3n) is 3.86. The second-order valence-electron chi connectivity index (χ2n) is 5.11. The van der Waals surface area contributed by atoms with Gasteiger partial charge in [-0.25, -0.2) is 0 Å².